The van der Waals surface area contributed by atoms with Crippen molar-refractivity contribution in [3.05, 3.63) is 65.0 Å². The summed E-state index contributed by atoms with van der Waals surface area (Å²) < 4.78 is 6.66. The highest BCUT2D eigenvalue weighted by Gasteiger charge is 2.15. The molecule has 1 aromatic heterocycles. The van der Waals surface area contributed by atoms with Gasteiger partial charge in [-0.05, 0) is 53.6 Å². The number of thiophene rings is 1. The van der Waals surface area contributed by atoms with Crippen molar-refractivity contribution >= 4 is 21.4 Å². The average molecular weight is 297 g/mol. The summed E-state index contributed by atoms with van der Waals surface area (Å²) in [4.78, 5) is 0. The van der Waals surface area contributed by atoms with E-state index in [1.807, 2.05) is 30.5 Å². The minimum absolute atomic E-state index is 0.313. The molecule has 0 bridgehead atoms. The first-order chi connectivity index (χ1) is 10.3. The topological polar surface area (TPSA) is 21.3 Å². The molecule has 0 aliphatic heterocycles. The lowest BCUT2D eigenvalue weighted by Crippen LogP contribution is -2.18. The van der Waals surface area contributed by atoms with Crippen molar-refractivity contribution in [1.29, 1.82) is 0 Å². The van der Waals surface area contributed by atoms with E-state index in [2.05, 4.69) is 47.1 Å². The highest BCUT2D eigenvalue weighted by molar-refractivity contribution is 7.17. The number of likely N-dealkylation sites (N-methyl/N-ethyl adjacent to an activating group) is 1. The Morgan fingerprint density at radius 2 is 2.00 bits per heavy atom. The minimum Gasteiger partial charge on any atom is -0.497 e. The Morgan fingerprint density at radius 3 is 2.81 bits per heavy atom. The number of rotatable bonds is 5. The number of methoxy groups -OCH3 is 1. The van der Waals surface area contributed by atoms with Crippen molar-refractivity contribution in [1.82, 2.24) is 5.32 Å². The first kappa shape index (κ1) is 14.1. The van der Waals surface area contributed by atoms with E-state index in [4.69, 9.17) is 4.74 Å². The monoisotopic (exact) mass is 297 g/mol. The Labute approximate surface area is 129 Å². The molecule has 0 aliphatic carbocycles. The summed E-state index contributed by atoms with van der Waals surface area (Å²) in [5, 5.41) is 7.07. The molecule has 0 saturated carbocycles. The van der Waals surface area contributed by atoms with Gasteiger partial charge in [-0.2, -0.15) is 0 Å². The summed E-state index contributed by atoms with van der Waals surface area (Å²) in [6.07, 6.45) is 0.953. The van der Waals surface area contributed by atoms with Crippen molar-refractivity contribution in [3.8, 4) is 5.75 Å². The maximum absolute atomic E-state index is 5.31. The van der Waals surface area contributed by atoms with Crippen LogP contribution in [0.3, 0.4) is 0 Å². The first-order valence-electron chi connectivity index (χ1n) is 7.08. The van der Waals surface area contributed by atoms with E-state index in [0.29, 0.717) is 6.04 Å². The fraction of sp³-hybridized carbons (Fsp3) is 0.222. The zero-order valence-corrected chi connectivity index (χ0v) is 13.1. The SMILES string of the molecule is CNC(Cc1cccc(OC)c1)c1csc2ccccc12. The lowest BCUT2D eigenvalue weighted by Gasteiger charge is -2.16. The van der Waals surface area contributed by atoms with E-state index in [1.165, 1.54) is 21.2 Å². The second kappa shape index (κ2) is 6.29. The van der Waals surface area contributed by atoms with Gasteiger partial charge in [0.2, 0.25) is 0 Å². The number of nitrogens with one attached hydrogen (secondary N) is 1. The van der Waals surface area contributed by atoms with Gasteiger partial charge in [0.25, 0.3) is 0 Å². The normalized spacial score (nSPS) is 12.5. The van der Waals surface area contributed by atoms with E-state index < -0.39 is 0 Å². The molecular weight excluding hydrogens is 278 g/mol. The van der Waals surface area contributed by atoms with Crippen molar-refractivity contribution in [3.63, 3.8) is 0 Å². The van der Waals surface area contributed by atoms with E-state index >= 15 is 0 Å². The number of benzene rings is 2. The summed E-state index contributed by atoms with van der Waals surface area (Å²) in [5.74, 6) is 0.914. The number of fused-ring (bicyclic) bond motifs is 1. The molecule has 108 valence electrons. The third-order valence-electron chi connectivity index (χ3n) is 3.81. The van der Waals surface area contributed by atoms with Crippen LogP contribution in [0.15, 0.2) is 53.9 Å². The van der Waals surface area contributed by atoms with Gasteiger partial charge in [-0.15, -0.1) is 11.3 Å². The van der Waals surface area contributed by atoms with Crippen LogP contribution in [0.5, 0.6) is 5.75 Å². The van der Waals surface area contributed by atoms with Gasteiger partial charge in [-0.25, -0.2) is 0 Å². The molecule has 21 heavy (non-hydrogen) atoms. The van der Waals surface area contributed by atoms with Gasteiger partial charge in [-0.1, -0.05) is 30.3 Å². The molecule has 1 N–H and O–H groups in total. The third kappa shape index (κ3) is 2.94. The van der Waals surface area contributed by atoms with Crippen LogP contribution in [0.2, 0.25) is 0 Å². The predicted octanol–water partition coefficient (Wildman–Crippen LogP) is 4.41. The van der Waals surface area contributed by atoms with Crippen LogP contribution in [0.25, 0.3) is 10.1 Å². The summed E-state index contributed by atoms with van der Waals surface area (Å²) in [6, 6.07) is 17.2. The molecule has 0 spiro atoms. The van der Waals surface area contributed by atoms with Gasteiger partial charge in [0.05, 0.1) is 7.11 Å². The second-order valence-corrected chi connectivity index (χ2v) is 6.00. The van der Waals surface area contributed by atoms with Crippen molar-refractivity contribution in [2.24, 2.45) is 0 Å². The molecular formula is C18H19NOS. The molecule has 0 saturated heterocycles. The van der Waals surface area contributed by atoms with Gasteiger partial charge >= 0.3 is 0 Å². The van der Waals surface area contributed by atoms with Crippen LogP contribution in [0.4, 0.5) is 0 Å². The zero-order chi connectivity index (χ0) is 14.7. The molecule has 1 heterocycles. The minimum atomic E-state index is 0.313. The molecule has 0 fully saturated rings. The summed E-state index contributed by atoms with van der Waals surface area (Å²) >= 11 is 1.81. The van der Waals surface area contributed by atoms with E-state index in [-0.39, 0.29) is 0 Å². The van der Waals surface area contributed by atoms with Crippen molar-refractivity contribution in [2.45, 2.75) is 12.5 Å². The van der Waals surface area contributed by atoms with Crippen LogP contribution in [0, 0.1) is 0 Å². The largest absolute Gasteiger partial charge is 0.497 e. The van der Waals surface area contributed by atoms with E-state index in [0.717, 1.165) is 12.2 Å². The van der Waals surface area contributed by atoms with Crippen LogP contribution in [-0.4, -0.2) is 14.2 Å². The second-order valence-electron chi connectivity index (χ2n) is 5.08. The first-order valence-corrected chi connectivity index (χ1v) is 7.96. The Kier molecular flexibility index (Phi) is 4.23. The number of hydrogen-bond acceptors (Lipinski definition) is 3. The van der Waals surface area contributed by atoms with E-state index in [1.54, 1.807) is 7.11 Å². The van der Waals surface area contributed by atoms with E-state index in [9.17, 15) is 0 Å². The van der Waals surface area contributed by atoms with Crippen LogP contribution < -0.4 is 10.1 Å². The summed E-state index contributed by atoms with van der Waals surface area (Å²) in [7, 11) is 3.73. The lowest BCUT2D eigenvalue weighted by atomic mass is 9.98. The van der Waals surface area contributed by atoms with Gasteiger partial charge in [0.15, 0.2) is 0 Å². The molecule has 1 atom stereocenters. The number of hydrogen-bond donors (Lipinski definition) is 1. The summed E-state index contributed by atoms with van der Waals surface area (Å²) in [6.45, 7) is 0. The maximum Gasteiger partial charge on any atom is 0.119 e. The highest BCUT2D eigenvalue weighted by Crippen LogP contribution is 2.32. The van der Waals surface area contributed by atoms with Gasteiger partial charge in [-0.3, -0.25) is 0 Å². The Morgan fingerprint density at radius 1 is 1.14 bits per heavy atom. The number of ether oxygens (including phenoxy) is 1. The van der Waals surface area contributed by atoms with Gasteiger partial charge in [0, 0.05) is 10.7 Å². The van der Waals surface area contributed by atoms with Crippen molar-refractivity contribution in [2.75, 3.05) is 14.2 Å². The molecule has 3 aromatic rings. The Hall–Kier alpha value is -1.84. The van der Waals surface area contributed by atoms with Crippen LogP contribution in [-0.2, 0) is 6.42 Å². The Balaban J connectivity index is 1.91. The Bertz CT molecular complexity index is 735. The standard InChI is InChI=1S/C18H19NOS/c1-19-17(11-13-6-5-7-14(10-13)20-2)16-12-21-18-9-4-3-8-15(16)18/h3-10,12,17,19H,11H2,1-2H3. The maximum atomic E-state index is 5.31. The third-order valence-corrected chi connectivity index (χ3v) is 4.79. The predicted molar refractivity (Wildman–Crippen MR) is 90.3 cm³/mol. The fourth-order valence-corrected chi connectivity index (χ4v) is 3.69. The lowest BCUT2D eigenvalue weighted by molar-refractivity contribution is 0.414. The fourth-order valence-electron chi connectivity index (χ4n) is 2.67. The quantitative estimate of drug-likeness (QED) is 0.753. The molecule has 0 aliphatic rings. The molecule has 0 amide bonds. The molecule has 3 heteroatoms. The van der Waals surface area contributed by atoms with Crippen LogP contribution >= 0.6 is 11.3 Å². The molecule has 2 aromatic carbocycles. The smallest absolute Gasteiger partial charge is 0.119 e. The molecule has 1 unspecified atom stereocenters. The molecule has 0 radical (unpaired) electrons. The summed E-state index contributed by atoms with van der Waals surface area (Å²) in [5.41, 5.74) is 2.66. The van der Waals surface area contributed by atoms with Gasteiger partial charge < -0.3 is 10.1 Å². The zero-order valence-electron chi connectivity index (χ0n) is 12.3. The average Bonchev–Trinajstić information content (AvgIpc) is 2.97. The molecule has 2 nitrogen and oxygen atoms in total. The molecule has 3 rings (SSSR count). The highest BCUT2D eigenvalue weighted by atomic mass is 32.1. The van der Waals surface area contributed by atoms with Gasteiger partial charge in [0.1, 0.15) is 5.75 Å². The van der Waals surface area contributed by atoms with Crippen LogP contribution in [0.1, 0.15) is 17.2 Å². The van der Waals surface area contributed by atoms with Crippen molar-refractivity contribution < 1.29 is 4.74 Å².